The predicted octanol–water partition coefficient (Wildman–Crippen LogP) is 18.9. The van der Waals surface area contributed by atoms with Gasteiger partial charge in [-0.1, -0.05) is 231 Å². The maximum Gasteiger partial charge on any atom is 0.306 e. The Morgan fingerprint density at radius 3 is 0.815 bits per heavy atom. The summed E-state index contributed by atoms with van der Waals surface area (Å²) in [6, 6.07) is 0. The number of carbonyl (C=O) groups is 3. The van der Waals surface area contributed by atoms with Gasteiger partial charge in [0, 0.05) is 19.3 Å². The minimum atomic E-state index is -0.776. The number of allylic oxidation sites excluding steroid dienone is 6. The fourth-order valence-corrected chi connectivity index (χ4v) is 8.24. The molecule has 0 aromatic carbocycles. The van der Waals surface area contributed by atoms with Crippen molar-refractivity contribution < 1.29 is 28.6 Å². The fourth-order valence-electron chi connectivity index (χ4n) is 8.24. The van der Waals surface area contributed by atoms with E-state index in [0.29, 0.717) is 19.3 Å². The molecule has 0 heterocycles. The maximum atomic E-state index is 12.8. The summed E-state index contributed by atoms with van der Waals surface area (Å²) in [4.78, 5) is 38.1. The second kappa shape index (κ2) is 54.2. The molecule has 65 heavy (non-hydrogen) atoms. The summed E-state index contributed by atoms with van der Waals surface area (Å²) in [6.07, 6.45) is 64.2. The average Bonchev–Trinajstić information content (AvgIpc) is 3.30. The highest BCUT2D eigenvalue weighted by atomic mass is 16.6. The lowest BCUT2D eigenvalue weighted by Gasteiger charge is -2.18. The Morgan fingerprint density at radius 1 is 0.292 bits per heavy atom. The van der Waals surface area contributed by atoms with Crippen molar-refractivity contribution in [2.24, 2.45) is 0 Å². The smallest absolute Gasteiger partial charge is 0.306 e. The first-order valence-corrected chi connectivity index (χ1v) is 28.5. The molecule has 0 saturated carbocycles. The van der Waals surface area contributed by atoms with Crippen LogP contribution in [0.4, 0.5) is 0 Å². The number of hydrogen-bond acceptors (Lipinski definition) is 6. The van der Waals surface area contributed by atoms with Gasteiger partial charge in [0.05, 0.1) is 0 Å². The van der Waals surface area contributed by atoms with Crippen molar-refractivity contribution in [1.82, 2.24) is 0 Å². The fraction of sp³-hybridized carbons (Fsp3) is 0.847. The number of rotatable bonds is 52. The summed E-state index contributed by atoms with van der Waals surface area (Å²) in [5.74, 6) is -0.878. The van der Waals surface area contributed by atoms with Crippen LogP contribution in [0.15, 0.2) is 36.5 Å². The van der Waals surface area contributed by atoms with Crippen LogP contribution in [-0.2, 0) is 28.6 Å². The summed E-state index contributed by atoms with van der Waals surface area (Å²) in [5, 5.41) is 0. The van der Waals surface area contributed by atoms with Crippen molar-refractivity contribution in [1.29, 1.82) is 0 Å². The molecule has 6 nitrogen and oxygen atoms in total. The van der Waals surface area contributed by atoms with Crippen molar-refractivity contribution in [2.75, 3.05) is 13.2 Å². The molecule has 0 rings (SSSR count). The average molecular weight is 914 g/mol. The SMILES string of the molecule is CCCC/C=C\CCCCCCCC(=O)OCC(COC(=O)CCCCCCCCCCC/C=C\CCCCCCCC)OC(=O)CCCCCCCCC/C=C\CCCCCCCC. The van der Waals surface area contributed by atoms with Gasteiger partial charge in [0.25, 0.3) is 0 Å². The summed E-state index contributed by atoms with van der Waals surface area (Å²) >= 11 is 0. The van der Waals surface area contributed by atoms with Crippen molar-refractivity contribution in [3.05, 3.63) is 36.5 Å². The summed E-state index contributed by atoms with van der Waals surface area (Å²) in [5.41, 5.74) is 0. The van der Waals surface area contributed by atoms with E-state index in [1.54, 1.807) is 0 Å². The first-order chi connectivity index (χ1) is 32.0. The molecule has 0 amide bonds. The molecule has 0 aliphatic rings. The zero-order valence-corrected chi connectivity index (χ0v) is 43.5. The Kier molecular flexibility index (Phi) is 52.3. The molecule has 6 heteroatoms. The quantitative estimate of drug-likeness (QED) is 0.0262. The molecule has 0 radical (unpaired) electrons. The van der Waals surface area contributed by atoms with E-state index in [1.165, 1.54) is 199 Å². The molecule has 1 atom stereocenters. The minimum absolute atomic E-state index is 0.0755. The third-order valence-electron chi connectivity index (χ3n) is 12.6. The molecule has 0 fully saturated rings. The van der Waals surface area contributed by atoms with Crippen molar-refractivity contribution >= 4 is 17.9 Å². The number of carbonyl (C=O) groups excluding carboxylic acids is 3. The summed E-state index contributed by atoms with van der Waals surface area (Å²) < 4.78 is 16.8. The molecule has 1 unspecified atom stereocenters. The standard InChI is InChI=1S/C59H108O6/c1-4-7-10-13-16-19-22-24-26-28-29-31-32-34-37-40-43-46-49-52-58(61)64-55-56(54-63-57(60)51-48-45-42-39-36-21-18-15-12-9-6-3)65-59(62)53-50-47-44-41-38-35-33-30-27-25-23-20-17-14-11-8-5-2/h15,18,24-27,56H,4-14,16-17,19-23,28-55H2,1-3H3/b18-15-,26-24-,27-25-. The Bertz CT molecular complexity index is 1090. The first kappa shape index (κ1) is 62.6. The Hall–Kier alpha value is -2.37. The topological polar surface area (TPSA) is 78.9 Å². The van der Waals surface area contributed by atoms with Crippen LogP contribution >= 0.6 is 0 Å². The second-order valence-corrected chi connectivity index (χ2v) is 19.2. The van der Waals surface area contributed by atoms with Gasteiger partial charge in [0.1, 0.15) is 13.2 Å². The maximum absolute atomic E-state index is 12.8. The molecule has 0 aromatic heterocycles. The van der Waals surface area contributed by atoms with Gasteiger partial charge in [-0.3, -0.25) is 14.4 Å². The van der Waals surface area contributed by atoms with Crippen molar-refractivity contribution in [3.8, 4) is 0 Å². The zero-order chi connectivity index (χ0) is 47.2. The van der Waals surface area contributed by atoms with E-state index in [9.17, 15) is 14.4 Å². The van der Waals surface area contributed by atoms with Gasteiger partial charge in [-0.15, -0.1) is 0 Å². The van der Waals surface area contributed by atoms with Crippen LogP contribution in [0.3, 0.4) is 0 Å². The van der Waals surface area contributed by atoms with Crippen LogP contribution in [0.2, 0.25) is 0 Å². The molecule has 0 aromatic rings. The Labute approximate surface area is 404 Å². The minimum Gasteiger partial charge on any atom is -0.462 e. The van der Waals surface area contributed by atoms with E-state index >= 15 is 0 Å². The van der Waals surface area contributed by atoms with Crippen LogP contribution in [0, 0.1) is 0 Å². The van der Waals surface area contributed by atoms with E-state index in [1.807, 2.05) is 0 Å². The van der Waals surface area contributed by atoms with E-state index in [4.69, 9.17) is 14.2 Å². The molecule has 0 bridgehead atoms. The van der Waals surface area contributed by atoms with Gasteiger partial charge >= 0.3 is 17.9 Å². The lowest BCUT2D eigenvalue weighted by Crippen LogP contribution is -2.30. The molecule has 0 spiro atoms. The molecule has 0 N–H and O–H groups in total. The predicted molar refractivity (Wildman–Crippen MR) is 279 cm³/mol. The summed E-state index contributed by atoms with van der Waals surface area (Å²) in [7, 11) is 0. The van der Waals surface area contributed by atoms with E-state index < -0.39 is 6.10 Å². The molecular weight excluding hydrogens is 805 g/mol. The number of ether oxygens (including phenoxy) is 3. The molecule has 0 saturated heterocycles. The van der Waals surface area contributed by atoms with Crippen molar-refractivity contribution in [3.63, 3.8) is 0 Å². The Morgan fingerprint density at radius 2 is 0.523 bits per heavy atom. The lowest BCUT2D eigenvalue weighted by atomic mass is 10.1. The number of unbranched alkanes of at least 4 members (excludes halogenated alkanes) is 35. The van der Waals surface area contributed by atoms with E-state index in [0.717, 1.165) is 64.2 Å². The van der Waals surface area contributed by atoms with Gasteiger partial charge in [0.15, 0.2) is 6.10 Å². The van der Waals surface area contributed by atoms with Crippen LogP contribution in [0.1, 0.15) is 303 Å². The largest absolute Gasteiger partial charge is 0.462 e. The number of esters is 3. The van der Waals surface area contributed by atoms with Crippen LogP contribution in [-0.4, -0.2) is 37.2 Å². The van der Waals surface area contributed by atoms with Gasteiger partial charge in [-0.2, -0.15) is 0 Å². The van der Waals surface area contributed by atoms with Gasteiger partial charge in [-0.25, -0.2) is 0 Å². The molecule has 0 aliphatic heterocycles. The first-order valence-electron chi connectivity index (χ1n) is 28.5. The van der Waals surface area contributed by atoms with Crippen LogP contribution < -0.4 is 0 Å². The highest BCUT2D eigenvalue weighted by Crippen LogP contribution is 2.16. The Balaban J connectivity index is 4.31. The normalized spacial score (nSPS) is 12.2. The van der Waals surface area contributed by atoms with Crippen LogP contribution in [0.5, 0.6) is 0 Å². The lowest BCUT2D eigenvalue weighted by molar-refractivity contribution is -0.167. The molecule has 380 valence electrons. The third kappa shape index (κ3) is 52.5. The van der Waals surface area contributed by atoms with Crippen molar-refractivity contribution in [2.45, 2.75) is 309 Å². The molecule has 0 aliphatic carbocycles. The van der Waals surface area contributed by atoms with E-state index in [-0.39, 0.29) is 31.1 Å². The molecular formula is C59H108O6. The third-order valence-corrected chi connectivity index (χ3v) is 12.6. The number of hydrogen-bond donors (Lipinski definition) is 0. The van der Waals surface area contributed by atoms with Gasteiger partial charge in [0.2, 0.25) is 0 Å². The monoisotopic (exact) mass is 913 g/mol. The van der Waals surface area contributed by atoms with Gasteiger partial charge < -0.3 is 14.2 Å². The zero-order valence-electron chi connectivity index (χ0n) is 43.5. The highest BCUT2D eigenvalue weighted by molar-refractivity contribution is 5.71. The van der Waals surface area contributed by atoms with Crippen LogP contribution in [0.25, 0.3) is 0 Å². The van der Waals surface area contributed by atoms with E-state index in [2.05, 4.69) is 57.2 Å². The second-order valence-electron chi connectivity index (χ2n) is 19.2. The van der Waals surface area contributed by atoms with Gasteiger partial charge in [-0.05, 0) is 89.9 Å². The summed E-state index contributed by atoms with van der Waals surface area (Å²) in [6.45, 7) is 6.61. The highest BCUT2D eigenvalue weighted by Gasteiger charge is 2.19.